The first-order valence-electron chi connectivity index (χ1n) is 7.52. The second kappa shape index (κ2) is 8.09. The summed E-state index contributed by atoms with van der Waals surface area (Å²) in [6, 6.07) is 3.55. The number of sulfonamides is 1. The van der Waals surface area contributed by atoms with Crippen LogP contribution in [0.3, 0.4) is 0 Å². The van der Waals surface area contributed by atoms with Crippen LogP contribution in [-0.4, -0.2) is 41.9 Å². The summed E-state index contributed by atoms with van der Waals surface area (Å²) in [5.41, 5.74) is -0.103. The maximum atomic E-state index is 12.6. The fraction of sp³-hybridized carbons (Fsp3) is 0.357. The minimum absolute atomic E-state index is 0.0753. The van der Waals surface area contributed by atoms with Gasteiger partial charge in [0.2, 0.25) is 20.2 Å². The van der Waals surface area contributed by atoms with Crippen LogP contribution in [0.4, 0.5) is 18.3 Å². The normalized spacial score (nSPS) is 12.4. The molecule has 0 unspecified atom stereocenters. The zero-order valence-electron chi connectivity index (χ0n) is 14.0. The fourth-order valence-electron chi connectivity index (χ4n) is 2.10. The van der Waals surface area contributed by atoms with E-state index in [2.05, 4.69) is 15.5 Å². The van der Waals surface area contributed by atoms with E-state index in [-0.39, 0.29) is 45.0 Å². The quantitative estimate of drug-likeness (QED) is 0.739. The van der Waals surface area contributed by atoms with Gasteiger partial charge < -0.3 is 0 Å². The van der Waals surface area contributed by atoms with Crippen molar-refractivity contribution in [1.82, 2.24) is 14.5 Å². The van der Waals surface area contributed by atoms with Gasteiger partial charge in [0.15, 0.2) is 0 Å². The van der Waals surface area contributed by atoms with E-state index in [0.29, 0.717) is 0 Å². The molecule has 0 bridgehead atoms. The average Bonchev–Trinajstić information content (AvgIpc) is 3.04. The maximum Gasteiger partial charge on any atom is 0.445 e. The van der Waals surface area contributed by atoms with Crippen LogP contribution in [0.15, 0.2) is 23.1 Å². The maximum absolute atomic E-state index is 12.6. The molecule has 1 aromatic heterocycles. The van der Waals surface area contributed by atoms with Gasteiger partial charge in [-0.15, -0.1) is 10.2 Å². The molecule has 0 saturated heterocycles. The van der Waals surface area contributed by atoms with Crippen LogP contribution >= 0.6 is 22.9 Å². The largest absolute Gasteiger partial charge is 0.445 e. The number of halogens is 4. The molecule has 2 aromatic rings. The Morgan fingerprint density at radius 3 is 2.41 bits per heavy atom. The van der Waals surface area contributed by atoms with Crippen LogP contribution in [0, 0.1) is 0 Å². The molecule has 1 N–H and O–H groups in total. The number of benzene rings is 1. The summed E-state index contributed by atoms with van der Waals surface area (Å²) in [6.07, 6.45) is -4.67. The molecule has 0 aliphatic rings. The highest BCUT2D eigenvalue weighted by Gasteiger charge is 2.36. The van der Waals surface area contributed by atoms with E-state index in [4.69, 9.17) is 11.6 Å². The lowest BCUT2D eigenvalue weighted by Gasteiger charge is -2.19. The summed E-state index contributed by atoms with van der Waals surface area (Å²) in [7, 11) is -3.93. The Balaban J connectivity index is 2.32. The Bertz CT molecular complexity index is 943. The molecule has 0 spiro atoms. The van der Waals surface area contributed by atoms with Crippen molar-refractivity contribution in [2.24, 2.45) is 0 Å². The lowest BCUT2D eigenvalue weighted by atomic mass is 10.2. The zero-order chi connectivity index (χ0) is 20.4. The van der Waals surface area contributed by atoms with Gasteiger partial charge in [-0.25, -0.2) is 8.42 Å². The molecule has 1 aromatic carbocycles. The van der Waals surface area contributed by atoms with Crippen LogP contribution < -0.4 is 5.32 Å². The van der Waals surface area contributed by atoms with Crippen molar-refractivity contribution in [2.45, 2.75) is 24.9 Å². The molecule has 13 heteroatoms. The first-order valence-corrected chi connectivity index (χ1v) is 10.2. The number of hydrogen-bond donors (Lipinski definition) is 1. The summed E-state index contributed by atoms with van der Waals surface area (Å²) in [6.45, 7) is 3.71. The van der Waals surface area contributed by atoms with Gasteiger partial charge in [0.05, 0.1) is 5.02 Å². The summed E-state index contributed by atoms with van der Waals surface area (Å²) < 4.78 is 64.0. The predicted octanol–water partition coefficient (Wildman–Crippen LogP) is 3.49. The molecule has 0 aliphatic carbocycles. The van der Waals surface area contributed by atoms with Gasteiger partial charge in [0.25, 0.3) is 5.91 Å². The lowest BCUT2D eigenvalue weighted by Crippen LogP contribution is -2.31. The SMILES string of the molecule is CCN(CC)S(=O)(=O)c1cc(C(=O)Nc2nnc(C(F)(F)F)s2)ccc1Cl. The minimum Gasteiger partial charge on any atom is -0.296 e. The Labute approximate surface area is 162 Å². The van der Waals surface area contributed by atoms with Gasteiger partial charge in [0, 0.05) is 18.7 Å². The van der Waals surface area contributed by atoms with Gasteiger partial charge in [0.1, 0.15) is 4.90 Å². The molecule has 0 saturated carbocycles. The molecular formula is C14H14ClF3N4O3S2. The molecule has 0 atom stereocenters. The number of anilines is 1. The van der Waals surface area contributed by atoms with Crippen molar-refractivity contribution >= 4 is 44.0 Å². The number of nitrogens with zero attached hydrogens (tertiary/aromatic N) is 3. The van der Waals surface area contributed by atoms with Crippen molar-refractivity contribution in [2.75, 3.05) is 18.4 Å². The summed E-state index contributed by atoms with van der Waals surface area (Å²) >= 11 is 6.13. The highest BCUT2D eigenvalue weighted by molar-refractivity contribution is 7.89. The monoisotopic (exact) mass is 442 g/mol. The molecule has 0 radical (unpaired) electrons. The number of rotatable bonds is 6. The minimum atomic E-state index is -4.67. The number of carbonyl (C=O) groups is 1. The van der Waals surface area contributed by atoms with E-state index < -0.39 is 27.1 Å². The zero-order valence-corrected chi connectivity index (χ0v) is 16.4. The first-order chi connectivity index (χ1) is 12.5. The van der Waals surface area contributed by atoms with Crippen molar-refractivity contribution in [3.63, 3.8) is 0 Å². The van der Waals surface area contributed by atoms with Crippen LogP contribution in [0.2, 0.25) is 5.02 Å². The predicted molar refractivity (Wildman–Crippen MR) is 94.4 cm³/mol. The molecule has 1 heterocycles. The van der Waals surface area contributed by atoms with Crippen LogP contribution in [-0.2, 0) is 16.2 Å². The molecular weight excluding hydrogens is 429 g/mol. The van der Waals surface area contributed by atoms with Gasteiger partial charge in [-0.2, -0.15) is 17.5 Å². The topological polar surface area (TPSA) is 92.3 Å². The standard InChI is InChI=1S/C14H14ClF3N4O3S2/c1-3-22(4-2)27(24,25)10-7-8(5-6-9(10)15)11(23)19-13-21-20-12(26-13)14(16,17)18/h5-7H,3-4H2,1-2H3,(H,19,21,23). The van der Waals surface area contributed by atoms with Gasteiger partial charge in [-0.05, 0) is 18.2 Å². The molecule has 0 aliphatic heterocycles. The number of hydrogen-bond acceptors (Lipinski definition) is 6. The summed E-state index contributed by atoms with van der Waals surface area (Å²) in [4.78, 5) is 12.0. The van der Waals surface area contributed by atoms with E-state index in [1.165, 1.54) is 12.1 Å². The van der Waals surface area contributed by atoms with Crippen LogP contribution in [0.5, 0.6) is 0 Å². The van der Waals surface area contributed by atoms with Crippen molar-refractivity contribution < 1.29 is 26.4 Å². The summed E-state index contributed by atoms with van der Waals surface area (Å²) in [5, 5.41) is 6.72. The lowest BCUT2D eigenvalue weighted by molar-refractivity contribution is -0.138. The van der Waals surface area contributed by atoms with E-state index in [9.17, 15) is 26.4 Å². The molecule has 0 fully saturated rings. The van der Waals surface area contributed by atoms with Gasteiger partial charge in [-0.1, -0.05) is 36.8 Å². The van der Waals surface area contributed by atoms with E-state index in [1.807, 2.05) is 0 Å². The Morgan fingerprint density at radius 1 is 1.26 bits per heavy atom. The van der Waals surface area contributed by atoms with Crippen molar-refractivity contribution in [1.29, 1.82) is 0 Å². The van der Waals surface area contributed by atoms with Crippen molar-refractivity contribution in [3.8, 4) is 0 Å². The Hall–Kier alpha value is -1.76. The number of aromatic nitrogens is 2. The second-order valence-corrected chi connectivity index (χ2v) is 8.39. The van der Waals surface area contributed by atoms with E-state index in [1.54, 1.807) is 13.8 Å². The molecule has 148 valence electrons. The highest BCUT2D eigenvalue weighted by atomic mass is 35.5. The van der Waals surface area contributed by atoms with Gasteiger partial charge >= 0.3 is 6.18 Å². The molecule has 27 heavy (non-hydrogen) atoms. The Morgan fingerprint density at radius 2 is 1.89 bits per heavy atom. The molecule has 1 amide bonds. The van der Waals surface area contributed by atoms with Gasteiger partial charge in [-0.3, -0.25) is 10.1 Å². The third-order valence-corrected chi connectivity index (χ3v) is 6.82. The Kier molecular flexibility index (Phi) is 6.45. The summed E-state index contributed by atoms with van der Waals surface area (Å²) in [5.74, 6) is -0.840. The van der Waals surface area contributed by atoms with Crippen LogP contribution in [0.1, 0.15) is 29.2 Å². The van der Waals surface area contributed by atoms with E-state index in [0.717, 1.165) is 10.4 Å². The van der Waals surface area contributed by atoms with E-state index >= 15 is 0 Å². The molecule has 2 rings (SSSR count). The highest BCUT2D eigenvalue weighted by Crippen LogP contribution is 2.33. The number of alkyl halides is 3. The number of carbonyl (C=O) groups excluding carboxylic acids is 1. The fourth-order valence-corrected chi connectivity index (χ4v) is 4.67. The van der Waals surface area contributed by atoms with Crippen LogP contribution in [0.25, 0.3) is 0 Å². The second-order valence-electron chi connectivity index (χ2n) is 5.10. The third kappa shape index (κ3) is 4.75. The average molecular weight is 443 g/mol. The number of amides is 1. The molecule has 7 nitrogen and oxygen atoms in total. The number of nitrogens with one attached hydrogen (secondary N) is 1. The smallest absolute Gasteiger partial charge is 0.296 e. The first kappa shape index (κ1) is 21.5. The van der Waals surface area contributed by atoms with Crippen molar-refractivity contribution in [3.05, 3.63) is 33.8 Å². The third-order valence-electron chi connectivity index (χ3n) is 3.40.